The lowest BCUT2D eigenvalue weighted by Gasteiger charge is -2.34. The lowest BCUT2D eigenvalue weighted by molar-refractivity contribution is -0.138. The zero-order chi connectivity index (χ0) is 21.8. The van der Waals surface area contributed by atoms with E-state index in [1.54, 1.807) is 0 Å². The largest absolute Gasteiger partial charge is 0.440 e. The molecule has 31 heavy (non-hydrogen) atoms. The number of nitrogens with zero attached hydrogens (tertiary/aromatic N) is 2. The molecule has 1 fully saturated rings. The summed E-state index contributed by atoms with van der Waals surface area (Å²) in [5.41, 5.74) is 2.40. The van der Waals surface area contributed by atoms with E-state index >= 15 is 0 Å². The minimum atomic E-state index is -0.685. The first-order valence-corrected chi connectivity index (χ1v) is 11.0. The fraction of sp³-hybridized carbons (Fsp3) is 0.400. The van der Waals surface area contributed by atoms with Crippen LogP contribution in [-0.4, -0.2) is 34.8 Å². The Morgan fingerprint density at radius 1 is 1.13 bits per heavy atom. The molecule has 6 nitrogen and oxygen atoms in total. The second-order valence-corrected chi connectivity index (χ2v) is 8.65. The predicted molar refractivity (Wildman–Crippen MR) is 119 cm³/mol. The van der Waals surface area contributed by atoms with Crippen LogP contribution in [0.2, 0.25) is 0 Å². The Morgan fingerprint density at radius 2 is 1.87 bits per heavy atom. The van der Waals surface area contributed by atoms with Crippen molar-refractivity contribution in [2.24, 2.45) is 5.92 Å². The Morgan fingerprint density at radius 3 is 2.61 bits per heavy atom. The summed E-state index contributed by atoms with van der Waals surface area (Å²) in [5.74, 6) is 0.769. The fourth-order valence-electron chi connectivity index (χ4n) is 4.15. The van der Waals surface area contributed by atoms with E-state index in [2.05, 4.69) is 10.3 Å². The number of oxazole rings is 1. The molecule has 1 N–H and O–H groups in total. The van der Waals surface area contributed by atoms with E-state index in [-0.39, 0.29) is 23.7 Å². The number of fused-ring (bicyclic) bond motifs is 1. The molecule has 0 aliphatic carbocycles. The highest BCUT2D eigenvalue weighted by molar-refractivity contribution is 5.89. The summed E-state index contributed by atoms with van der Waals surface area (Å²) < 4.78 is 5.97. The van der Waals surface area contributed by atoms with Crippen LogP contribution in [0.25, 0.3) is 11.1 Å². The predicted octanol–water partition coefficient (Wildman–Crippen LogP) is 4.44. The summed E-state index contributed by atoms with van der Waals surface area (Å²) in [4.78, 5) is 32.5. The summed E-state index contributed by atoms with van der Waals surface area (Å²) >= 11 is 0. The van der Waals surface area contributed by atoms with Crippen LogP contribution in [-0.2, 0) is 9.59 Å². The number of piperidine rings is 1. The Hall–Kier alpha value is -3.15. The number of likely N-dealkylation sites (tertiary alicyclic amines) is 1. The number of aromatic nitrogens is 1. The van der Waals surface area contributed by atoms with E-state index < -0.39 is 6.04 Å². The fourth-order valence-corrected chi connectivity index (χ4v) is 4.15. The molecule has 1 aliphatic rings. The number of benzene rings is 2. The molecule has 2 unspecified atom stereocenters. The summed E-state index contributed by atoms with van der Waals surface area (Å²) in [6.07, 6.45) is 2.19. The normalized spacial score (nSPS) is 17.6. The van der Waals surface area contributed by atoms with Gasteiger partial charge in [0.2, 0.25) is 11.8 Å². The van der Waals surface area contributed by atoms with Gasteiger partial charge in [0.15, 0.2) is 11.5 Å². The number of nitrogens with one attached hydrogen (secondary N) is 1. The van der Waals surface area contributed by atoms with Crippen molar-refractivity contribution in [1.82, 2.24) is 15.2 Å². The Balaban J connectivity index is 1.53. The molecular weight excluding hydrogens is 390 g/mol. The smallest absolute Gasteiger partial charge is 0.249 e. The molecule has 1 aromatic heterocycles. The van der Waals surface area contributed by atoms with Gasteiger partial charge in [-0.2, -0.15) is 0 Å². The van der Waals surface area contributed by atoms with E-state index in [0.717, 1.165) is 29.5 Å². The topological polar surface area (TPSA) is 75.4 Å². The summed E-state index contributed by atoms with van der Waals surface area (Å²) in [7, 11) is 0. The summed E-state index contributed by atoms with van der Waals surface area (Å²) in [5, 5.41) is 2.97. The molecule has 2 heterocycles. The highest BCUT2D eigenvalue weighted by Gasteiger charge is 2.33. The molecule has 3 aromatic rings. The summed E-state index contributed by atoms with van der Waals surface area (Å²) in [6, 6.07) is 16.5. The Labute approximate surface area is 182 Å². The van der Waals surface area contributed by atoms with E-state index in [4.69, 9.17) is 4.42 Å². The minimum Gasteiger partial charge on any atom is -0.440 e. The van der Waals surface area contributed by atoms with Crippen LogP contribution in [0.15, 0.2) is 59.0 Å². The second kappa shape index (κ2) is 9.33. The van der Waals surface area contributed by atoms with Crippen LogP contribution in [0, 0.1) is 5.92 Å². The Bertz CT molecular complexity index is 1010. The maximum atomic E-state index is 13.5. The Kier molecular flexibility index (Phi) is 6.35. The molecule has 4 rings (SSSR count). The van der Waals surface area contributed by atoms with Crippen molar-refractivity contribution >= 4 is 22.9 Å². The quantitative estimate of drug-likeness (QED) is 0.641. The number of rotatable bonds is 6. The molecule has 162 valence electrons. The molecular formula is C25H29N3O3. The van der Waals surface area contributed by atoms with Gasteiger partial charge in [-0.3, -0.25) is 9.59 Å². The lowest BCUT2D eigenvalue weighted by Crippen LogP contribution is -2.46. The van der Waals surface area contributed by atoms with Gasteiger partial charge in [0.25, 0.3) is 0 Å². The van der Waals surface area contributed by atoms with Gasteiger partial charge in [0.05, 0.1) is 5.92 Å². The van der Waals surface area contributed by atoms with E-state index in [1.165, 1.54) is 0 Å². The van der Waals surface area contributed by atoms with Gasteiger partial charge in [-0.05, 0) is 36.5 Å². The van der Waals surface area contributed by atoms with Crippen LogP contribution in [0.4, 0.5) is 0 Å². The van der Waals surface area contributed by atoms with Gasteiger partial charge in [-0.25, -0.2) is 4.98 Å². The number of carbonyl (C=O) groups excluding carboxylic acids is 2. The number of hydrogen-bond donors (Lipinski definition) is 1. The monoisotopic (exact) mass is 419 g/mol. The highest BCUT2D eigenvalue weighted by Crippen LogP contribution is 2.30. The summed E-state index contributed by atoms with van der Waals surface area (Å²) in [6.45, 7) is 5.19. The van der Waals surface area contributed by atoms with Crippen molar-refractivity contribution in [3.63, 3.8) is 0 Å². The van der Waals surface area contributed by atoms with Gasteiger partial charge in [0.1, 0.15) is 11.6 Å². The average molecular weight is 420 g/mol. The van der Waals surface area contributed by atoms with Crippen LogP contribution in [0.3, 0.4) is 0 Å². The number of hydrogen-bond acceptors (Lipinski definition) is 4. The van der Waals surface area contributed by atoms with Gasteiger partial charge < -0.3 is 14.6 Å². The van der Waals surface area contributed by atoms with Gasteiger partial charge in [0, 0.05) is 19.5 Å². The molecule has 0 saturated carbocycles. The van der Waals surface area contributed by atoms with Crippen LogP contribution in [0.1, 0.15) is 56.5 Å². The molecule has 0 bridgehead atoms. The molecule has 0 spiro atoms. The maximum Gasteiger partial charge on any atom is 0.249 e. The molecule has 2 aromatic carbocycles. The third-order valence-corrected chi connectivity index (χ3v) is 5.67. The number of carbonyl (C=O) groups is 2. The van der Waals surface area contributed by atoms with E-state index in [9.17, 15) is 9.59 Å². The zero-order valence-corrected chi connectivity index (χ0v) is 18.1. The van der Waals surface area contributed by atoms with Gasteiger partial charge in [-0.15, -0.1) is 0 Å². The van der Waals surface area contributed by atoms with Crippen molar-refractivity contribution in [3.8, 4) is 0 Å². The first kappa shape index (κ1) is 21.1. The maximum absolute atomic E-state index is 13.5. The molecule has 2 amide bonds. The van der Waals surface area contributed by atoms with Crippen molar-refractivity contribution in [2.45, 2.75) is 45.1 Å². The standard InChI is InChI=1S/C25H29N3O3/c1-17(2)15-22(29)27-23(18-9-4-3-5-10-18)25(30)28-14-8-11-19(16-28)24-26-20-12-6-7-13-21(20)31-24/h3-7,9-10,12-13,17,19,23H,8,11,14-16H2,1-2H3,(H,27,29). The van der Waals surface area contributed by atoms with E-state index in [1.807, 2.05) is 73.3 Å². The number of amides is 2. The van der Waals surface area contributed by atoms with Crippen molar-refractivity contribution in [2.75, 3.05) is 13.1 Å². The number of para-hydroxylation sites is 2. The van der Waals surface area contributed by atoms with Gasteiger partial charge in [-0.1, -0.05) is 56.3 Å². The SMILES string of the molecule is CC(C)CC(=O)NC(C(=O)N1CCCC(c2nc3ccccc3o2)C1)c1ccccc1. The molecule has 1 saturated heterocycles. The second-order valence-electron chi connectivity index (χ2n) is 8.65. The highest BCUT2D eigenvalue weighted by atomic mass is 16.3. The van der Waals surface area contributed by atoms with Crippen LogP contribution >= 0.6 is 0 Å². The first-order valence-electron chi connectivity index (χ1n) is 11.0. The molecule has 2 atom stereocenters. The third kappa shape index (κ3) is 4.95. The van der Waals surface area contributed by atoms with Crippen molar-refractivity contribution in [1.29, 1.82) is 0 Å². The third-order valence-electron chi connectivity index (χ3n) is 5.67. The van der Waals surface area contributed by atoms with Gasteiger partial charge >= 0.3 is 0 Å². The molecule has 0 radical (unpaired) electrons. The van der Waals surface area contributed by atoms with Crippen LogP contribution in [0.5, 0.6) is 0 Å². The van der Waals surface area contributed by atoms with Crippen molar-refractivity contribution in [3.05, 3.63) is 66.1 Å². The van der Waals surface area contributed by atoms with Crippen molar-refractivity contribution < 1.29 is 14.0 Å². The minimum absolute atomic E-state index is 0.0490. The van der Waals surface area contributed by atoms with Crippen LogP contribution < -0.4 is 5.32 Å². The zero-order valence-electron chi connectivity index (χ0n) is 18.1. The first-order chi connectivity index (χ1) is 15.0. The molecule has 1 aliphatic heterocycles. The molecule has 6 heteroatoms. The van der Waals surface area contributed by atoms with E-state index in [0.29, 0.717) is 25.4 Å². The lowest BCUT2D eigenvalue weighted by atomic mass is 9.96. The average Bonchev–Trinajstić information content (AvgIpc) is 3.22.